The molecule has 0 aromatic carbocycles. The second kappa shape index (κ2) is 5.96. The highest BCUT2D eigenvalue weighted by Crippen LogP contribution is 2.23. The Morgan fingerprint density at radius 1 is 1.35 bits per heavy atom. The van der Waals surface area contributed by atoms with E-state index >= 15 is 0 Å². The van der Waals surface area contributed by atoms with Crippen molar-refractivity contribution in [2.75, 3.05) is 7.11 Å². The minimum Gasteiger partial charge on any atom is -0.480 e. The van der Waals surface area contributed by atoms with Crippen LogP contribution in [0.1, 0.15) is 38.3 Å². The Labute approximate surface area is 103 Å². The number of ether oxygens (including phenoxy) is 1. The Morgan fingerprint density at radius 2 is 2.24 bits per heavy atom. The van der Waals surface area contributed by atoms with Crippen molar-refractivity contribution in [3.63, 3.8) is 0 Å². The van der Waals surface area contributed by atoms with Gasteiger partial charge in [0.05, 0.1) is 12.8 Å². The van der Waals surface area contributed by atoms with E-state index in [1.165, 1.54) is 25.7 Å². The average Bonchev–Trinajstić information content (AvgIpc) is 2.37. The van der Waals surface area contributed by atoms with E-state index in [-0.39, 0.29) is 0 Å². The van der Waals surface area contributed by atoms with Gasteiger partial charge in [0, 0.05) is 18.7 Å². The summed E-state index contributed by atoms with van der Waals surface area (Å²) in [4.78, 5) is 0. The maximum absolute atomic E-state index is 4.98. The molecule has 1 heterocycles. The van der Waals surface area contributed by atoms with Gasteiger partial charge in [-0.2, -0.15) is 5.10 Å². The summed E-state index contributed by atoms with van der Waals surface area (Å²) in [6.45, 7) is 3.13. The maximum atomic E-state index is 4.98. The molecule has 94 valence electrons. The molecule has 17 heavy (non-hydrogen) atoms. The average molecular weight is 235 g/mol. The van der Waals surface area contributed by atoms with Gasteiger partial charge in [-0.3, -0.25) is 0 Å². The third-order valence-corrected chi connectivity index (χ3v) is 3.41. The second-order valence-corrected chi connectivity index (χ2v) is 4.92. The molecule has 1 aromatic heterocycles. The van der Waals surface area contributed by atoms with Crippen molar-refractivity contribution in [1.29, 1.82) is 0 Å². The fraction of sp³-hybridized carbons (Fsp3) is 0.692. The van der Waals surface area contributed by atoms with Crippen LogP contribution in [0.4, 0.5) is 0 Å². The Kier molecular flexibility index (Phi) is 4.31. The first kappa shape index (κ1) is 12.3. The van der Waals surface area contributed by atoms with E-state index < -0.39 is 0 Å². The third kappa shape index (κ3) is 3.66. The molecular formula is C13H21N3O. The number of hydrogen-bond donors (Lipinski definition) is 1. The van der Waals surface area contributed by atoms with Gasteiger partial charge >= 0.3 is 0 Å². The lowest BCUT2D eigenvalue weighted by molar-refractivity contribution is 0.299. The minimum absolute atomic E-state index is 0.569. The van der Waals surface area contributed by atoms with Crippen molar-refractivity contribution in [2.45, 2.75) is 45.2 Å². The minimum atomic E-state index is 0.569. The van der Waals surface area contributed by atoms with Gasteiger partial charge in [-0.15, -0.1) is 5.10 Å². The molecule has 0 radical (unpaired) electrons. The second-order valence-electron chi connectivity index (χ2n) is 4.92. The molecule has 0 saturated heterocycles. The lowest BCUT2D eigenvalue weighted by atomic mass is 9.87. The van der Waals surface area contributed by atoms with Crippen LogP contribution in [-0.2, 0) is 6.54 Å². The summed E-state index contributed by atoms with van der Waals surface area (Å²) in [6.07, 6.45) is 5.28. The SMILES string of the molecule is COc1ccc(CNC2CCCC(C)C2)nn1. The zero-order valence-electron chi connectivity index (χ0n) is 10.6. The van der Waals surface area contributed by atoms with Gasteiger partial charge in [0.2, 0.25) is 5.88 Å². The predicted octanol–water partition coefficient (Wildman–Crippen LogP) is 2.15. The highest BCUT2D eigenvalue weighted by Gasteiger charge is 2.18. The summed E-state index contributed by atoms with van der Waals surface area (Å²) in [6, 6.07) is 4.46. The first-order valence-corrected chi connectivity index (χ1v) is 6.38. The number of aromatic nitrogens is 2. The van der Waals surface area contributed by atoms with Crippen LogP contribution in [0.5, 0.6) is 5.88 Å². The highest BCUT2D eigenvalue weighted by molar-refractivity contribution is 5.11. The van der Waals surface area contributed by atoms with Gasteiger partial charge in [0.1, 0.15) is 0 Å². The van der Waals surface area contributed by atoms with E-state index in [0.29, 0.717) is 11.9 Å². The number of methoxy groups -OCH3 is 1. The van der Waals surface area contributed by atoms with Crippen molar-refractivity contribution in [2.24, 2.45) is 5.92 Å². The first-order valence-electron chi connectivity index (χ1n) is 6.38. The molecule has 2 unspecified atom stereocenters. The maximum Gasteiger partial charge on any atom is 0.233 e. The summed E-state index contributed by atoms with van der Waals surface area (Å²) < 4.78 is 4.98. The molecule has 0 spiro atoms. The van der Waals surface area contributed by atoms with Crippen molar-refractivity contribution in [3.8, 4) is 5.88 Å². The van der Waals surface area contributed by atoms with Crippen LogP contribution in [0.2, 0.25) is 0 Å². The van der Waals surface area contributed by atoms with Gasteiger partial charge in [0.15, 0.2) is 0 Å². The topological polar surface area (TPSA) is 47.0 Å². The summed E-state index contributed by atoms with van der Waals surface area (Å²) in [7, 11) is 1.60. The molecule has 0 bridgehead atoms. The van der Waals surface area contributed by atoms with Crippen molar-refractivity contribution in [1.82, 2.24) is 15.5 Å². The number of rotatable bonds is 4. The smallest absolute Gasteiger partial charge is 0.233 e. The fourth-order valence-electron chi connectivity index (χ4n) is 2.42. The molecule has 1 aliphatic rings. The molecule has 1 aromatic rings. The summed E-state index contributed by atoms with van der Waals surface area (Å²) in [5, 5.41) is 11.6. The van der Waals surface area contributed by atoms with Crippen LogP contribution in [-0.4, -0.2) is 23.3 Å². The van der Waals surface area contributed by atoms with Gasteiger partial charge in [-0.05, 0) is 24.8 Å². The predicted molar refractivity (Wildman–Crippen MR) is 66.8 cm³/mol. The van der Waals surface area contributed by atoms with Crippen LogP contribution >= 0.6 is 0 Å². The number of nitrogens with zero attached hydrogens (tertiary/aromatic N) is 2. The van der Waals surface area contributed by atoms with Gasteiger partial charge in [-0.25, -0.2) is 0 Å². The van der Waals surface area contributed by atoms with Crippen LogP contribution in [0, 0.1) is 5.92 Å². The zero-order valence-corrected chi connectivity index (χ0v) is 10.6. The van der Waals surface area contributed by atoms with Crippen LogP contribution in [0.25, 0.3) is 0 Å². The first-order chi connectivity index (χ1) is 8.28. The number of nitrogens with one attached hydrogen (secondary N) is 1. The Bertz CT molecular complexity index is 339. The van der Waals surface area contributed by atoms with Crippen molar-refractivity contribution in [3.05, 3.63) is 17.8 Å². The van der Waals surface area contributed by atoms with E-state index in [9.17, 15) is 0 Å². The van der Waals surface area contributed by atoms with Crippen molar-refractivity contribution >= 4 is 0 Å². The van der Waals surface area contributed by atoms with Crippen LogP contribution in [0.15, 0.2) is 12.1 Å². The van der Waals surface area contributed by atoms with E-state index in [4.69, 9.17) is 4.74 Å². The van der Waals surface area contributed by atoms with Gasteiger partial charge in [0.25, 0.3) is 0 Å². The van der Waals surface area contributed by atoms with E-state index in [1.54, 1.807) is 7.11 Å². The van der Waals surface area contributed by atoms with Crippen LogP contribution < -0.4 is 10.1 Å². The number of hydrogen-bond acceptors (Lipinski definition) is 4. The highest BCUT2D eigenvalue weighted by atomic mass is 16.5. The molecule has 0 aliphatic heterocycles. The normalized spacial score (nSPS) is 24.6. The molecule has 2 rings (SSSR count). The van der Waals surface area contributed by atoms with Crippen LogP contribution in [0.3, 0.4) is 0 Å². The molecule has 1 saturated carbocycles. The van der Waals surface area contributed by atoms with Crippen molar-refractivity contribution < 1.29 is 4.74 Å². The molecule has 0 amide bonds. The quantitative estimate of drug-likeness (QED) is 0.868. The Morgan fingerprint density at radius 3 is 2.88 bits per heavy atom. The molecule has 4 heteroatoms. The van der Waals surface area contributed by atoms with E-state index in [0.717, 1.165) is 18.2 Å². The molecule has 1 fully saturated rings. The molecule has 1 aliphatic carbocycles. The molecular weight excluding hydrogens is 214 g/mol. The molecule has 2 atom stereocenters. The molecule has 1 N–H and O–H groups in total. The Hall–Kier alpha value is -1.16. The summed E-state index contributed by atoms with van der Waals surface area (Å²) in [5.41, 5.74) is 0.976. The van der Waals surface area contributed by atoms with Gasteiger partial charge in [-0.1, -0.05) is 19.8 Å². The fourth-order valence-corrected chi connectivity index (χ4v) is 2.42. The lowest BCUT2D eigenvalue weighted by Crippen LogP contribution is -2.33. The zero-order chi connectivity index (χ0) is 12.1. The van der Waals surface area contributed by atoms with Gasteiger partial charge < -0.3 is 10.1 Å². The third-order valence-electron chi connectivity index (χ3n) is 3.41. The summed E-state index contributed by atoms with van der Waals surface area (Å²) in [5.74, 6) is 1.42. The lowest BCUT2D eigenvalue weighted by Gasteiger charge is -2.27. The molecule has 4 nitrogen and oxygen atoms in total. The van der Waals surface area contributed by atoms with E-state index in [1.807, 2.05) is 12.1 Å². The standard InChI is InChI=1S/C13H21N3O/c1-10-4-3-5-11(8-10)14-9-12-6-7-13(17-2)16-15-12/h6-7,10-11,14H,3-5,8-9H2,1-2H3. The monoisotopic (exact) mass is 235 g/mol. The largest absolute Gasteiger partial charge is 0.480 e. The Balaban J connectivity index is 1.80. The summed E-state index contributed by atoms with van der Waals surface area (Å²) >= 11 is 0. The van der Waals surface area contributed by atoms with E-state index in [2.05, 4.69) is 22.4 Å².